The van der Waals surface area contributed by atoms with Crippen molar-refractivity contribution in [1.82, 2.24) is 29.4 Å². The number of likely N-dealkylation sites (tertiary alicyclic amines) is 1. The average molecular weight is 274 g/mol. The van der Waals surface area contributed by atoms with E-state index in [0.717, 1.165) is 19.6 Å². The number of aromatic nitrogens is 5. The fourth-order valence-electron chi connectivity index (χ4n) is 2.97. The molecule has 3 heterocycles. The van der Waals surface area contributed by atoms with Crippen LogP contribution in [-0.2, 0) is 13.1 Å². The second-order valence-electron chi connectivity index (χ2n) is 5.40. The van der Waals surface area contributed by atoms with Gasteiger partial charge in [0, 0.05) is 31.5 Å². The van der Waals surface area contributed by atoms with E-state index in [1.54, 1.807) is 12.7 Å². The second-order valence-corrected chi connectivity index (χ2v) is 5.40. The highest BCUT2D eigenvalue weighted by Crippen LogP contribution is 2.20. The van der Waals surface area contributed by atoms with Crippen molar-refractivity contribution in [1.29, 1.82) is 0 Å². The molecule has 1 atom stereocenters. The van der Waals surface area contributed by atoms with Crippen molar-refractivity contribution >= 4 is 0 Å². The van der Waals surface area contributed by atoms with Gasteiger partial charge in [-0.2, -0.15) is 10.2 Å². The van der Waals surface area contributed by atoms with Crippen molar-refractivity contribution in [2.45, 2.75) is 44.8 Å². The van der Waals surface area contributed by atoms with E-state index < -0.39 is 0 Å². The van der Waals surface area contributed by atoms with Crippen molar-refractivity contribution in [2.75, 3.05) is 13.1 Å². The molecule has 0 aromatic carbocycles. The molecule has 2 aromatic heterocycles. The van der Waals surface area contributed by atoms with Gasteiger partial charge in [0.25, 0.3) is 0 Å². The van der Waals surface area contributed by atoms with E-state index >= 15 is 0 Å². The van der Waals surface area contributed by atoms with E-state index in [4.69, 9.17) is 0 Å². The van der Waals surface area contributed by atoms with Gasteiger partial charge in [-0.25, -0.2) is 4.98 Å². The van der Waals surface area contributed by atoms with Crippen LogP contribution >= 0.6 is 0 Å². The molecule has 1 aliphatic heterocycles. The van der Waals surface area contributed by atoms with Crippen molar-refractivity contribution in [3.8, 4) is 0 Å². The van der Waals surface area contributed by atoms with E-state index in [2.05, 4.69) is 20.1 Å². The number of rotatable bonds is 6. The Morgan fingerprint density at radius 1 is 1.05 bits per heavy atom. The lowest BCUT2D eigenvalue weighted by Crippen LogP contribution is -2.41. The Kier molecular flexibility index (Phi) is 4.42. The SMILES string of the molecule is c1cnn(CCC2CCCCN2CCn2cncn2)c1. The number of hydrogen-bond donors (Lipinski definition) is 0. The first-order valence-corrected chi connectivity index (χ1v) is 7.46. The summed E-state index contributed by atoms with van der Waals surface area (Å²) in [6, 6.07) is 2.67. The summed E-state index contributed by atoms with van der Waals surface area (Å²) in [6.07, 6.45) is 12.4. The van der Waals surface area contributed by atoms with Crippen molar-refractivity contribution in [2.24, 2.45) is 0 Å². The van der Waals surface area contributed by atoms with E-state index in [1.807, 2.05) is 27.8 Å². The lowest BCUT2D eigenvalue weighted by atomic mass is 9.99. The maximum Gasteiger partial charge on any atom is 0.137 e. The minimum atomic E-state index is 0.677. The molecule has 20 heavy (non-hydrogen) atoms. The van der Waals surface area contributed by atoms with Gasteiger partial charge >= 0.3 is 0 Å². The summed E-state index contributed by atoms with van der Waals surface area (Å²) in [5, 5.41) is 8.47. The van der Waals surface area contributed by atoms with Gasteiger partial charge in [-0.1, -0.05) is 6.42 Å². The summed E-state index contributed by atoms with van der Waals surface area (Å²) >= 11 is 0. The van der Waals surface area contributed by atoms with Crippen LogP contribution in [0.2, 0.25) is 0 Å². The van der Waals surface area contributed by atoms with Gasteiger partial charge < -0.3 is 0 Å². The Bertz CT molecular complexity index is 432. The predicted molar refractivity (Wildman–Crippen MR) is 76.1 cm³/mol. The van der Waals surface area contributed by atoms with E-state index in [0.29, 0.717) is 6.04 Å². The molecule has 0 radical (unpaired) electrons. The Hall–Kier alpha value is -1.69. The highest BCUT2D eigenvalue weighted by molar-refractivity contribution is 4.80. The van der Waals surface area contributed by atoms with Crippen LogP contribution in [0.3, 0.4) is 0 Å². The smallest absolute Gasteiger partial charge is 0.137 e. The molecular formula is C14H22N6. The fourth-order valence-corrected chi connectivity index (χ4v) is 2.97. The monoisotopic (exact) mass is 274 g/mol. The molecule has 6 heteroatoms. The van der Waals surface area contributed by atoms with Crippen LogP contribution in [0, 0.1) is 0 Å². The minimum Gasteiger partial charge on any atom is -0.298 e. The van der Waals surface area contributed by atoms with Crippen molar-refractivity contribution < 1.29 is 0 Å². The fraction of sp³-hybridized carbons (Fsp3) is 0.643. The quantitative estimate of drug-likeness (QED) is 0.799. The second kappa shape index (κ2) is 6.65. The van der Waals surface area contributed by atoms with E-state index in [1.165, 1.54) is 32.2 Å². The van der Waals surface area contributed by atoms with Crippen LogP contribution in [0.4, 0.5) is 0 Å². The number of aryl methyl sites for hydroxylation is 1. The first-order chi connectivity index (χ1) is 9.92. The first kappa shape index (κ1) is 13.3. The zero-order chi connectivity index (χ0) is 13.6. The van der Waals surface area contributed by atoms with Gasteiger partial charge in [0.1, 0.15) is 12.7 Å². The van der Waals surface area contributed by atoms with Crippen LogP contribution in [0.1, 0.15) is 25.7 Å². The van der Waals surface area contributed by atoms with Gasteiger partial charge in [-0.3, -0.25) is 14.3 Å². The summed E-state index contributed by atoms with van der Waals surface area (Å²) in [6.45, 7) is 4.21. The Morgan fingerprint density at radius 2 is 2.05 bits per heavy atom. The molecule has 0 N–H and O–H groups in total. The number of hydrogen-bond acceptors (Lipinski definition) is 4. The Balaban J connectivity index is 1.50. The molecule has 1 saturated heterocycles. The first-order valence-electron chi connectivity index (χ1n) is 7.46. The largest absolute Gasteiger partial charge is 0.298 e. The predicted octanol–water partition coefficient (Wildman–Crippen LogP) is 1.42. The average Bonchev–Trinajstić information content (AvgIpc) is 3.17. The van der Waals surface area contributed by atoms with Crippen LogP contribution in [0.5, 0.6) is 0 Å². The van der Waals surface area contributed by atoms with E-state index in [9.17, 15) is 0 Å². The lowest BCUT2D eigenvalue weighted by Gasteiger charge is -2.35. The molecule has 1 aliphatic rings. The topological polar surface area (TPSA) is 51.8 Å². The Morgan fingerprint density at radius 3 is 2.85 bits per heavy atom. The number of nitrogens with zero attached hydrogens (tertiary/aromatic N) is 6. The minimum absolute atomic E-state index is 0.677. The highest BCUT2D eigenvalue weighted by Gasteiger charge is 2.21. The molecule has 3 rings (SSSR count). The third kappa shape index (κ3) is 3.45. The van der Waals surface area contributed by atoms with Crippen LogP contribution in [0.15, 0.2) is 31.1 Å². The van der Waals surface area contributed by atoms with Gasteiger partial charge in [-0.15, -0.1) is 0 Å². The molecule has 0 amide bonds. The van der Waals surface area contributed by atoms with Crippen molar-refractivity contribution in [3.63, 3.8) is 0 Å². The molecule has 0 saturated carbocycles. The molecule has 2 aromatic rings. The van der Waals surface area contributed by atoms with Crippen LogP contribution in [0.25, 0.3) is 0 Å². The molecular weight excluding hydrogens is 252 g/mol. The third-order valence-corrected chi connectivity index (χ3v) is 4.08. The molecule has 0 spiro atoms. The maximum atomic E-state index is 4.29. The van der Waals surface area contributed by atoms with Crippen LogP contribution < -0.4 is 0 Å². The van der Waals surface area contributed by atoms with Gasteiger partial charge in [-0.05, 0) is 31.9 Å². The maximum absolute atomic E-state index is 4.29. The zero-order valence-electron chi connectivity index (χ0n) is 11.8. The lowest BCUT2D eigenvalue weighted by molar-refractivity contribution is 0.129. The zero-order valence-corrected chi connectivity index (χ0v) is 11.8. The summed E-state index contributed by atoms with van der Waals surface area (Å²) in [4.78, 5) is 6.60. The molecule has 1 unspecified atom stereocenters. The third-order valence-electron chi connectivity index (χ3n) is 4.08. The van der Waals surface area contributed by atoms with Crippen molar-refractivity contribution in [3.05, 3.63) is 31.1 Å². The molecule has 108 valence electrons. The molecule has 6 nitrogen and oxygen atoms in total. The van der Waals surface area contributed by atoms with Gasteiger partial charge in [0.15, 0.2) is 0 Å². The summed E-state index contributed by atoms with van der Waals surface area (Å²) in [5.74, 6) is 0. The van der Waals surface area contributed by atoms with E-state index in [-0.39, 0.29) is 0 Å². The van der Waals surface area contributed by atoms with Crippen LogP contribution in [-0.4, -0.2) is 48.6 Å². The molecule has 1 fully saturated rings. The van der Waals surface area contributed by atoms with Gasteiger partial charge in [0.05, 0.1) is 6.54 Å². The molecule has 0 bridgehead atoms. The molecule has 0 aliphatic carbocycles. The normalized spacial score (nSPS) is 20.3. The number of piperidine rings is 1. The summed E-state index contributed by atoms with van der Waals surface area (Å²) in [5.41, 5.74) is 0. The highest BCUT2D eigenvalue weighted by atomic mass is 15.3. The standard InChI is InChI=1S/C14H22N6/c1-2-7-18(10-11-20-13-15-12-17-20)14(4-1)5-9-19-8-3-6-16-19/h3,6,8,12-14H,1-2,4-5,7,9-11H2. The van der Waals surface area contributed by atoms with Gasteiger partial charge in [0.2, 0.25) is 0 Å². The summed E-state index contributed by atoms with van der Waals surface area (Å²) in [7, 11) is 0. The Labute approximate surface area is 119 Å². The summed E-state index contributed by atoms with van der Waals surface area (Å²) < 4.78 is 3.95.